The predicted octanol–water partition coefficient (Wildman–Crippen LogP) is 3.66. The van der Waals surface area contributed by atoms with Crippen molar-refractivity contribution in [1.29, 1.82) is 0 Å². The van der Waals surface area contributed by atoms with E-state index in [9.17, 15) is 0 Å². The Morgan fingerprint density at radius 1 is 1.28 bits per heavy atom. The highest BCUT2D eigenvalue weighted by molar-refractivity contribution is 5.36. The van der Waals surface area contributed by atoms with Crippen LogP contribution in [0.2, 0.25) is 0 Å². The second-order valence-corrected chi connectivity index (χ2v) is 4.94. The summed E-state index contributed by atoms with van der Waals surface area (Å²) in [5.41, 5.74) is 3.48. The maximum atomic E-state index is 5.89. The molecule has 0 N–H and O–H groups in total. The van der Waals surface area contributed by atoms with Crippen molar-refractivity contribution in [2.75, 3.05) is 0 Å². The van der Waals surface area contributed by atoms with Crippen molar-refractivity contribution >= 4 is 0 Å². The van der Waals surface area contributed by atoms with E-state index >= 15 is 0 Å². The number of nitrogens with zero attached hydrogens (tertiary/aromatic N) is 2. The van der Waals surface area contributed by atoms with Crippen LogP contribution in [0.25, 0.3) is 0 Å². The highest BCUT2D eigenvalue weighted by Gasteiger charge is 2.07. The molecule has 0 unspecified atom stereocenters. The van der Waals surface area contributed by atoms with Crippen LogP contribution in [0.15, 0.2) is 30.7 Å². The molecule has 0 amide bonds. The van der Waals surface area contributed by atoms with Crippen LogP contribution in [0.3, 0.4) is 0 Å². The highest BCUT2D eigenvalue weighted by atomic mass is 16.5. The average Bonchev–Trinajstić information content (AvgIpc) is 2.79. The molecule has 96 valence electrons. The first-order valence-electron chi connectivity index (χ1n) is 6.28. The van der Waals surface area contributed by atoms with Gasteiger partial charge < -0.3 is 9.30 Å². The Balaban J connectivity index is 2.11. The van der Waals surface area contributed by atoms with Gasteiger partial charge in [0.05, 0.1) is 18.2 Å². The normalized spacial score (nSPS) is 10.9. The van der Waals surface area contributed by atoms with Gasteiger partial charge in [0.25, 0.3) is 0 Å². The zero-order valence-corrected chi connectivity index (χ0v) is 11.5. The second-order valence-electron chi connectivity index (χ2n) is 4.94. The van der Waals surface area contributed by atoms with Gasteiger partial charge in [-0.15, -0.1) is 0 Å². The van der Waals surface area contributed by atoms with E-state index in [1.807, 2.05) is 12.5 Å². The molecular formula is C15H20N2O. The third kappa shape index (κ3) is 2.73. The summed E-state index contributed by atoms with van der Waals surface area (Å²) in [6, 6.07) is 6.67. The van der Waals surface area contributed by atoms with E-state index in [1.165, 1.54) is 5.56 Å². The minimum Gasteiger partial charge on any atom is -0.487 e. The third-order valence-corrected chi connectivity index (χ3v) is 3.02. The van der Waals surface area contributed by atoms with Gasteiger partial charge in [-0.05, 0) is 44.9 Å². The fraction of sp³-hybridized carbons (Fsp3) is 0.400. The summed E-state index contributed by atoms with van der Waals surface area (Å²) in [5, 5.41) is 0. The van der Waals surface area contributed by atoms with E-state index in [-0.39, 0.29) is 0 Å². The van der Waals surface area contributed by atoms with Gasteiger partial charge in [0.2, 0.25) is 0 Å². The highest BCUT2D eigenvalue weighted by Crippen LogP contribution is 2.20. The number of aromatic nitrogens is 2. The molecule has 0 fully saturated rings. The van der Waals surface area contributed by atoms with Gasteiger partial charge >= 0.3 is 0 Å². The average molecular weight is 244 g/mol. The maximum absolute atomic E-state index is 5.89. The molecule has 2 aromatic rings. The molecule has 2 rings (SSSR count). The Kier molecular flexibility index (Phi) is 3.70. The largest absolute Gasteiger partial charge is 0.487 e. The molecule has 18 heavy (non-hydrogen) atoms. The molecule has 0 atom stereocenters. The van der Waals surface area contributed by atoms with Gasteiger partial charge in [0.1, 0.15) is 12.4 Å². The molecule has 0 bridgehead atoms. The number of imidazole rings is 1. The molecule has 0 aliphatic rings. The molecule has 0 aliphatic heterocycles. The van der Waals surface area contributed by atoms with Crippen molar-refractivity contribution in [3.05, 3.63) is 47.5 Å². The third-order valence-electron chi connectivity index (χ3n) is 3.02. The molecule has 1 aromatic carbocycles. The Morgan fingerprint density at radius 3 is 2.78 bits per heavy atom. The summed E-state index contributed by atoms with van der Waals surface area (Å²) in [4.78, 5) is 4.18. The van der Waals surface area contributed by atoms with Crippen molar-refractivity contribution in [2.24, 2.45) is 0 Å². The minimum atomic E-state index is 0.407. The van der Waals surface area contributed by atoms with Gasteiger partial charge in [-0.3, -0.25) is 0 Å². The van der Waals surface area contributed by atoms with E-state index in [0.29, 0.717) is 12.6 Å². The summed E-state index contributed by atoms with van der Waals surface area (Å²) >= 11 is 0. The van der Waals surface area contributed by atoms with E-state index < -0.39 is 0 Å². The molecular weight excluding hydrogens is 224 g/mol. The Morgan fingerprint density at radius 2 is 2.06 bits per heavy atom. The van der Waals surface area contributed by atoms with Gasteiger partial charge in [-0.1, -0.05) is 12.1 Å². The van der Waals surface area contributed by atoms with Crippen LogP contribution in [-0.4, -0.2) is 9.55 Å². The van der Waals surface area contributed by atoms with Crippen molar-refractivity contribution in [1.82, 2.24) is 9.55 Å². The van der Waals surface area contributed by atoms with Crippen LogP contribution in [0.1, 0.15) is 36.7 Å². The number of rotatable bonds is 4. The van der Waals surface area contributed by atoms with Crippen LogP contribution in [0, 0.1) is 13.8 Å². The Labute approximate surface area is 108 Å². The predicted molar refractivity (Wildman–Crippen MR) is 72.9 cm³/mol. The summed E-state index contributed by atoms with van der Waals surface area (Å²) in [6.07, 6.45) is 3.72. The molecule has 1 heterocycles. The quantitative estimate of drug-likeness (QED) is 0.820. The lowest BCUT2D eigenvalue weighted by molar-refractivity contribution is 0.290. The fourth-order valence-corrected chi connectivity index (χ4v) is 1.92. The van der Waals surface area contributed by atoms with E-state index in [2.05, 4.69) is 55.4 Å². The summed E-state index contributed by atoms with van der Waals surface area (Å²) < 4.78 is 8.02. The number of hydrogen-bond donors (Lipinski definition) is 0. The topological polar surface area (TPSA) is 27.1 Å². The van der Waals surface area contributed by atoms with Crippen molar-refractivity contribution < 1.29 is 4.74 Å². The zero-order chi connectivity index (χ0) is 13.1. The second kappa shape index (κ2) is 5.25. The summed E-state index contributed by atoms with van der Waals surface area (Å²) in [5.74, 6) is 0.950. The monoisotopic (exact) mass is 244 g/mol. The standard InChI is InChI=1S/C15H20N2O/c1-11(2)17-10-16-8-14(17)9-18-15-7-12(3)5-6-13(15)4/h5-8,10-11H,9H2,1-4H3. The van der Waals surface area contributed by atoms with Crippen LogP contribution in [0.4, 0.5) is 0 Å². The van der Waals surface area contributed by atoms with Gasteiger partial charge in [0, 0.05) is 6.04 Å². The van der Waals surface area contributed by atoms with Crippen LogP contribution in [0.5, 0.6) is 5.75 Å². The maximum Gasteiger partial charge on any atom is 0.130 e. The lowest BCUT2D eigenvalue weighted by Crippen LogP contribution is -2.07. The van der Waals surface area contributed by atoms with Crippen LogP contribution < -0.4 is 4.74 Å². The number of hydrogen-bond acceptors (Lipinski definition) is 2. The summed E-state index contributed by atoms with van der Waals surface area (Å²) in [6.45, 7) is 8.98. The molecule has 3 heteroatoms. The van der Waals surface area contributed by atoms with Crippen LogP contribution >= 0.6 is 0 Å². The Bertz CT molecular complexity index is 529. The smallest absolute Gasteiger partial charge is 0.130 e. The van der Waals surface area contributed by atoms with Gasteiger partial charge in [0.15, 0.2) is 0 Å². The molecule has 0 radical (unpaired) electrons. The summed E-state index contributed by atoms with van der Waals surface area (Å²) in [7, 11) is 0. The van der Waals surface area contributed by atoms with Gasteiger partial charge in [-0.2, -0.15) is 0 Å². The molecule has 3 nitrogen and oxygen atoms in total. The first kappa shape index (κ1) is 12.7. The molecule has 0 spiro atoms. The van der Waals surface area contributed by atoms with E-state index in [0.717, 1.165) is 17.0 Å². The van der Waals surface area contributed by atoms with Crippen molar-refractivity contribution in [3.8, 4) is 5.75 Å². The number of benzene rings is 1. The van der Waals surface area contributed by atoms with Crippen molar-refractivity contribution in [2.45, 2.75) is 40.3 Å². The fourth-order valence-electron chi connectivity index (χ4n) is 1.92. The number of ether oxygens (including phenoxy) is 1. The van der Waals surface area contributed by atoms with Gasteiger partial charge in [-0.25, -0.2) is 4.98 Å². The first-order chi connectivity index (χ1) is 8.58. The Hall–Kier alpha value is -1.77. The van der Waals surface area contributed by atoms with E-state index in [1.54, 1.807) is 0 Å². The van der Waals surface area contributed by atoms with Crippen LogP contribution in [-0.2, 0) is 6.61 Å². The molecule has 1 aromatic heterocycles. The van der Waals surface area contributed by atoms with Crippen molar-refractivity contribution in [3.63, 3.8) is 0 Å². The lowest BCUT2D eigenvalue weighted by Gasteiger charge is -2.14. The molecule has 0 saturated carbocycles. The zero-order valence-electron chi connectivity index (χ0n) is 11.5. The molecule has 0 saturated heterocycles. The first-order valence-corrected chi connectivity index (χ1v) is 6.28. The minimum absolute atomic E-state index is 0.407. The lowest BCUT2D eigenvalue weighted by atomic mass is 10.1. The van der Waals surface area contributed by atoms with E-state index in [4.69, 9.17) is 4.74 Å². The molecule has 0 aliphatic carbocycles. The number of aryl methyl sites for hydroxylation is 2. The SMILES string of the molecule is Cc1ccc(C)c(OCc2cncn2C(C)C)c1.